The van der Waals surface area contributed by atoms with Gasteiger partial charge in [-0.2, -0.15) is 0 Å². The standard InChI is InChI=1S/C21H23FN2O2S/c1-14(2)12-23-20(26)19(15-6-4-3-5-7-15)24-18(25)13-27-21(24)16-8-10-17(22)11-9-16/h3-11,14,19,21H,12-13H2,1-2H3,(H,23,26). The summed E-state index contributed by atoms with van der Waals surface area (Å²) in [5, 5.41) is 2.63. The van der Waals surface area contributed by atoms with Gasteiger partial charge in [0, 0.05) is 6.54 Å². The van der Waals surface area contributed by atoms with Gasteiger partial charge >= 0.3 is 0 Å². The Kier molecular flexibility index (Phi) is 6.16. The summed E-state index contributed by atoms with van der Waals surface area (Å²) in [6.07, 6.45) is 0. The zero-order valence-electron chi connectivity index (χ0n) is 15.4. The first-order valence-electron chi connectivity index (χ1n) is 8.98. The van der Waals surface area contributed by atoms with E-state index >= 15 is 0 Å². The van der Waals surface area contributed by atoms with Crippen LogP contribution >= 0.6 is 11.8 Å². The largest absolute Gasteiger partial charge is 0.354 e. The van der Waals surface area contributed by atoms with Crippen molar-refractivity contribution in [1.29, 1.82) is 0 Å². The fourth-order valence-corrected chi connectivity index (χ4v) is 4.27. The molecule has 2 aromatic rings. The lowest BCUT2D eigenvalue weighted by atomic mass is 10.0. The van der Waals surface area contributed by atoms with Crippen LogP contribution in [0.25, 0.3) is 0 Å². The van der Waals surface area contributed by atoms with Crippen molar-refractivity contribution in [3.8, 4) is 0 Å². The maximum absolute atomic E-state index is 13.3. The molecule has 1 heterocycles. The fourth-order valence-electron chi connectivity index (χ4n) is 3.07. The number of halogens is 1. The lowest BCUT2D eigenvalue weighted by Gasteiger charge is -2.32. The molecule has 2 atom stereocenters. The molecule has 3 rings (SSSR count). The number of carbonyl (C=O) groups excluding carboxylic acids is 2. The molecule has 2 aromatic carbocycles. The summed E-state index contributed by atoms with van der Waals surface area (Å²) in [6.45, 7) is 4.59. The minimum atomic E-state index is -0.720. The third kappa shape index (κ3) is 4.50. The summed E-state index contributed by atoms with van der Waals surface area (Å²) in [7, 11) is 0. The molecule has 0 saturated carbocycles. The van der Waals surface area contributed by atoms with Gasteiger partial charge < -0.3 is 10.2 Å². The van der Waals surface area contributed by atoms with Crippen molar-refractivity contribution < 1.29 is 14.0 Å². The van der Waals surface area contributed by atoms with Gasteiger partial charge in [0.05, 0.1) is 5.75 Å². The zero-order valence-corrected chi connectivity index (χ0v) is 16.2. The third-order valence-electron chi connectivity index (χ3n) is 4.39. The van der Waals surface area contributed by atoms with Crippen molar-refractivity contribution in [2.45, 2.75) is 25.3 Å². The van der Waals surface area contributed by atoms with E-state index in [9.17, 15) is 14.0 Å². The second kappa shape index (κ2) is 8.57. The summed E-state index contributed by atoms with van der Waals surface area (Å²) < 4.78 is 13.3. The highest BCUT2D eigenvalue weighted by Crippen LogP contribution is 2.43. The number of thioether (sulfide) groups is 1. The molecule has 0 spiro atoms. The van der Waals surface area contributed by atoms with Crippen LogP contribution in [0.5, 0.6) is 0 Å². The summed E-state index contributed by atoms with van der Waals surface area (Å²) in [5.41, 5.74) is 1.58. The first-order valence-corrected chi connectivity index (χ1v) is 10.0. The molecule has 4 nitrogen and oxygen atoms in total. The number of hydrogen-bond donors (Lipinski definition) is 1. The fraction of sp³-hybridized carbons (Fsp3) is 0.333. The molecule has 27 heavy (non-hydrogen) atoms. The van der Waals surface area contributed by atoms with Crippen molar-refractivity contribution in [1.82, 2.24) is 10.2 Å². The Morgan fingerprint density at radius 3 is 2.48 bits per heavy atom. The molecular weight excluding hydrogens is 363 g/mol. The molecule has 0 aromatic heterocycles. The van der Waals surface area contributed by atoms with Crippen LogP contribution in [-0.2, 0) is 9.59 Å². The van der Waals surface area contributed by atoms with Crippen LogP contribution in [0.2, 0.25) is 0 Å². The van der Waals surface area contributed by atoms with Gasteiger partial charge in [-0.05, 0) is 29.2 Å². The van der Waals surface area contributed by atoms with E-state index in [-0.39, 0.29) is 23.0 Å². The number of carbonyl (C=O) groups is 2. The summed E-state index contributed by atoms with van der Waals surface area (Å²) in [5.74, 6) is -0.0143. The van der Waals surface area contributed by atoms with Gasteiger partial charge in [0.15, 0.2) is 0 Å². The highest BCUT2D eigenvalue weighted by Gasteiger charge is 2.41. The van der Waals surface area contributed by atoms with E-state index in [1.165, 1.54) is 23.9 Å². The monoisotopic (exact) mass is 386 g/mol. The molecule has 2 amide bonds. The number of nitrogens with one attached hydrogen (secondary N) is 1. The van der Waals surface area contributed by atoms with Crippen molar-refractivity contribution in [3.05, 3.63) is 71.5 Å². The van der Waals surface area contributed by atoms with Gasteiger partial charge in [-0.25, -0.2) is 4.39 Å². The molecule has 1 aliphatic heterocycles. The molecule has 0 bridgehead atoms. The smallest absolute Gasteiger partial charge is 0.247 e. The number of benzene rings is 2. The molecule has 0 radical (unpaired) electrons. The average Bonchev–Trinajstić information content (AvgIpc) is 3.03. The van der Waals surface area contributed by atoms with Crippen LogP contribution in [0.1, 0.15) is 36.4 Å². The van der Waals surface area contributed by atoms with E-state index in [1.807, 2.05) is 44.2 Å². The Hall–Kier alpha value is -2.34. The maximum atomic E-state index is 13.3. The molecule has 6 heteroatoms. The van der Waals surface area contributed by atoms with E-state index in [0.29, 0.717) is 18.2 Å². The predicted octanol–water partition coefficient (Wildman–Crippen LogP) is 3.91. The van der Waals surface area contributed by atoms with Gasteiger partial charge in [-0.15, -0.1) is 11.8 Å². The molecule has 1 aliphatic rings. The van der Waals surface area contributed by atoms with Gasteiger partial charge in [0.2, 0.25) is 11.8 Å². The van der Waals surface area contributed by atoms with Gasteiger partial charge in [-0.1, -0.05) is 56.3 Å². The van der Waals surface area contributed by atoms with Crippen molar-refractivity contribution in [2.24, 2.45) is 5.92 Å². The van der Waals surface area contributed by atoms with Crippen LogP contribution in [0.4, 0.5) is 4.39 Å². The Balaban J connectivity index is 1.96. The van der Waals surface area contributed by atoms with Crippen LogP contribution < -0.4 is 5.32 Å². The Bertz CT molecular complexity index is 796. The Labute approximate surface area is 163 Å². The second-order valence-electron chi connectivity index (χ2n) is 6.97. The molecule has 0 aliphatic carbocycles. The Morgan fingerprint density at radius 1 is 1.19 bits per heavy atom. The lowest BCUT2D eigenvalue weighted by molar-refractivity contribution is -0.139. The van der Waals surface area contributed by atoms with Crippen molar-refractivity contribution >= 4 is 23.6 Å². The first kappa shape index (κ1) is 19.4. The third-order valence-corrected chi connectivity index (χ3v) is 5.62. The molecule has 1 fully saturated rings. The van der Waals surface area contributed by atoms with E-state index in [4.69, 9.17) is 0 Å². The number of rotatable bonds is 6. The normalized spacial score (nSPS) is 18.0. The molecule has 142 valence electrons. The highest BCUT2D eigenvalue weighted by molar-refractivity contribution is 8.00. The van der Waals surface area contributed by atoms with Gasteiger partial charge in [-0.3, -0.25) is 9.59 Å². The van der Waals surface area contributed by atoms with E-state index in [2.05, 4.69) is 5.32 Å². The minimum Gasteiger partial charge on any atom is -0.354 e. The quantitative estimate of drug-likeness (QED) is 0.819. The molecular formula is C21H23FN2O2S. The SMILES string of the molecule is CC(C)CNC(=O)C(c1ccccc1)N1C(=O)CSC1c1ccc(F)cc1. The predicted molar refractivity (Wildman–Crippen MR) is 105 cm³/mol. The highest BCUT2D eigenvalue weighted by atomic mass is 32.2. The van der Waals surface area contributed by atoms with Crippen LogP contribution in [0.3, 0.4) is 0 Å². The molecule has 1 N–H and O–H groups in total. The summed E-state index contributed by atoms with van der Waals surface area (Å²) in [6, 6.07) is 14.7. The summed E-state index contributed by atoms with van der Waals surface area (Å²) in [4.78, 5) is 27.4. The van der Waals surface area contributed by atoms with Gasteiger partial charge in [0.25, 0.3) is 0 Å². The van der Waals surface area contributed by atoms with Crippen LogP contribution in [-0.4, -0.2) is 29.0 Å². The van der Waals surface area contributed by atoms with Gasteiger partial charge in [0.1, 0.15) is 17.2 Å². The topological polar surface area (TPSA) is 49.4 Å². The zero-order chi connectivity index (χ0) is 19.4. The van der Waals surface area contributed by atoms with Crippen molar-refractivity contribution in [3.63, 3.8) is 0 Å². The average molecular weight is 386 g/mol. The Morgan fingerprint density at radius 2 is 1.85 bits per heavy atom. The minimum absolute atomic E-state index is 0.0946. The first-order chi connectivity index (χ1) is 13.0. The maximum Gasteiger partial charge on any atom is 0.247 e. The summed E-state index contributed by atoms with van der Waals surface area (Å²) >= 11 is 1.46. The molecule has 1 saturated heterocycles. The van der Waals surface area contributed by atoms with Crippen molar-refractivity contribution in [2.75, 3.05) is 12.3 Å². The van der Waals surface area contributed by atoms with Crippen LogP contribution in [0, 0.1) is 11.7 Å². The second-order valence-corrected chi connectivity index (χ2v) is 8.04. The number of hydrogen-bond acceptors (Lipinski definition) is 3. The van der Waals surface area contributed by atoms with E-state index in [1.54, 1.807) is 17.0 Å². The van der Waals surface area contributed by atoms with E-state index in [0.717, 1.165) is 11.1 Å². The van der Waals surface area contributed by atoms with Crippen LogP contribution in [0.15, 0.2) is 54.6 Å². The molecule has 2 unspecified atom stereocenters. The lowest BCUT2D eigenvalue weighted by Crippen LogP contribution is -2.43. The van der Waals surface area contributed by atoms with E-state index < -0.39 is 6.04 Å². The number of amides is 2. The number of nitrogens with zero attached hydrogens (tertiary/aromatic N) is 1.